The lowest BCUT2D eigenvalue weighted by Gasteiger charge is -2.11. The highest BCUT2D eigenvalue weighted by molar-refractivity contribution is 5.79. The summed E-state index contributed by atoms with van der Waals surface area (Å²) in [6.45, 7) is 6.66. The van der Waals surface area contributed by atoms with Crippen molar-refractivity contribution in [3.8, 4) is 0 Å². The van der Waals surface area contributed by atoms with Gasteiger partial charge in [-0.15, -0.1) is 5.10 Å². The largest absolute Gasteiger partial charge is 0.354 e. The third-order valence-electron chi connectivity index (χ3n) is 3.20. The number of aromatic nitrogens is 3. The maximum absolute atomic E-state index is 11.9. The van der Waals surface area contributed by atoms with Gasteiger partial charge in [0.25, 0.3) is 0 Å². The van der Waals surface area contributed by atoms with Crippen LogP contribution in [0.4, 0.5) is 0 Å². The summed E-state index contributed by atoms with van der Waals surface area (Å²) in [5, 5.41) is 10.9. The smallest absolute Gasteiger partial charge is 0.244 e. The maximum atomic E-state index is 11.9. The van der Waals surface area contributed by atoms with Crippen molar-refractivity contribution >= 4 is 5.91 Å². The van der Waals surface area contributed by atoms with E-state index in [-0.39, 0.29) is 18.0 Å². The van der Waals surface area contributed by atoms with Crippen molar-refractivity contribution in [3.63, 3.8) is 0 Å². The summed E-state index contributed by atoms with van der Waals surface area (Å²) in [5.41, 5.74) is 6.61. The van der Waals surface area contributed by atoms with Crippen LogP contribution >= 0.6 is 0 Å². The molecule has 0 saturated heterocycles. The van der Waals surface area contributed by atoms with Crippen LogP contribution in [0.15, 0.2) is 6.20 Å². The van der Waals surface area contributed by atoms with Crippen molar-refractivity contribution < 1.29 is 4.79 Å². The number of rotatable bonds is 8. The molecule has 2 atom stereocenters. The molecule has 1 aromatic rings. The van der Waals surface area contributed by atoms with E-state index < -0.39 is 0 Å². The molecular weight excluding hydrogens is 242 g/mol. The van der Waals surface area contributed by atoms with Gasteiger partial charge in [0, 0.05) is 6.54 Å². The zero-order valence-electron chi connectivity index (χ0n) is 12.1. The zero-order valence-corrected chi connectivity index (χ0v) is 12.1. The standard InChI is InChI=1S/C13H25N5O/c1-4-6-7-8-15-13(19)10(3)18-9-12(16-17-18)11(14)5-2/h9-11H,4-8,14H2,1-3H3,(H,15,19). The number of amides is 1. The molecular formula is C13H25N5O. The van der Waals surface area contributed by atoms with E-state index >= 15 is 0 Å². The Labute approximate surface area is 114 Å². The number of carbonyl (C=O) groups is 1. The van der Waals surface area contributed by atoms with Crippen LogP contribution in [0.2, 0.25) is 0 Å². The van der Waals surface area contributed by atoms with E-state index in [1.165, 1.54) is 0 Å². The van der Waals surface area contributed by atoms with Crippen LogP contribution in [0, 0.1) is 0 Å². The molecule has 19 heavy (non-hydrogen) atoms. The minimum absolute atomic E-state index is 0.0300. The quantitative estimate of drug-likeness (QED) is 0.700. The number of unbranched alkanes of at least 4 members (excludes halogenated alkanes) is 2. The van der Waals surface area contributed by atoms with Gasteiger partial charge in [0.15, 0.2) is 0 Å². The minimum Gasteiger partial charge on any atom is -0.354 e. The Morgan fingerprint density at radius 1 is 1.47 bits per heavy atom. The van der Waals surface area contributed by atoms with E-state index in [4.69, 9.17) is 5.73 Å². The van der Waals surface area contributed by atoms with Gasteiger partial charge in [-0.05, 0) is 19.8 Å². The number of hydrogen-bond donors (Lipinski definition) is 2. The van der Waals surface area contributed by atoms with E-state index in [1.54, 1.807) is 10.9 Å². The average molecular weight is 267 g/mol. The Morgan fingerprint density at radius 3 is 2.84 bits per heavy atom. The van der Waals surface area contributed by atoms with Crippen LogP contribution in [-0.2, 0) is 4.79 Å². The van der Waals surface area contributed by atoms with Crippen molar-refractivity contribution in [2.24, 2.45) is 5.73 Å². The summed E-state index contributed by atoms with van der Waals surface area (Å²) in [5.74, 6) is -0.0300. The van der Waals surface area contributed by atoms with Crippen LogP contribution in [0.5, 0.6) is 0 Å². The van der Waals surface area contributed by atoms with Crippen LogP contribution < -0.4 is 11.1 Å². The zero-order chi connectivity index (χ0) is 14.3. The van der Waals surface area contributed by atoms with E-state index in [2.05, 4.69) is 22.6 Å². The second-order valence-corrected chi connectivity index (χ2v) is 4.81. The summed E-state index contributed by atoms with van der Waals surface area (Å²) >= 11 is 0. The Hall–Kier alpha value is -1.43. The molecule has 1 rings (SSSR count). The average Bonchev–Trinajstić information content (AvgIpc) is 2.91. The molecule has 2 unspecified atom stereocenters. The highest BCUT2D eigenvalue weighted by atomic mass is 16.2. The second-order valence-electron chi connectivity index (χ2n) is 4.81. The van der Waals surface area contributed by atoms with Gasteiger partial charge in [0.2, 0.25) is 5.91 Å². The highest BCUT2D eigenvalue weighted by Gasteiger charge is 2.17. The molecule has 0 aliphatic carbocycles. The topological polar surface area (TPSA) is 85.8 Å². The van der Waals surface area contributed by atoms with Crippen LogP contribution in [0.3, 0.4) is 0 Å². The first kappa shape index (κ1) is 15.6. The molecule has 3 N–H and O–H groups in total. The molecule has 1 aromatic heterocycles. The summed E-state index contributed by atoms with van der Waals surface area (Å²) in [6.07, 6.45) is 5.85. The number of nitrogens with one attached hydrogen (secondary N) is 1. The van der Waals surface area contributed by atoms with E-state index in [9.17, 15) is 4.79 Å². The second kappa shape index (κ2) is 7.89. The molecule has 0 saturated carbocycles. The number of carbonyl (C=O) groups excluding carboxylic acids is 1. The fourth-order valence-corrected chi connectivity index (χ4v) is 1.71. The summed E-state index contributed by atoms with van der Waals surface area (Å²) in [7, 11) is 0. The predicted octanol–water partition coefficient (Wildman–Crippen LogP) is 1.56. The van der Waals surface area contributed by atoms with Gasteiger partial charge in [0.05, 0.1) is 17.9 Å². The molecule has 0 aromatic carbocycles. The molecule has 0 aliphatic heterocycles. The van der Waals surface area contributed by atoms with Crippen molar-refractivity contribution in [1.82, 2.24) is 20.3 Å². The van der Waals surface area contributed by atoms with E-state index in [1.807, 2.05) is 13.8 Å². The highest BCUT2D eigenvalue weighted by Crippen LogP contribution is 2.12. The summed E-state index contributed by atoms with van der Waals surface area (Å²) < 4.78 is 1.57. The summed E-state index contributed by atoms with van der Waals surface area (Å²) in [4.78, 5) is 11.9. The van der Waals surface area contributed by atoms with Gasteiger partial charge in [-0.3, -0.25) is 4.79 Å². The molecule has 0 aliphatic rings. The molecule has 108 valence electrons. The van der Waals surface area contributed by atoms with Gasteiger partial charge in [-0.25, -0.2) is 4.68 Å². The fraction of sp³-hybridized carbons (Fsp3) is 0.769. The molecule has 0 spiro atoms. The monoisotopic (exact) mass is 267 g/mol. The molecule has 1 heterocycles. The molecule has 0 bridgehead atoms. The molecule has 0 radical (unpaired) electrons. The summed E-state index contributed by atoms with van der Waals surface area (Å²) in [6, 6.07) is -0.472. The predicted molar refractivity (Wildman–Crippen MR) is 74.5 cm³/mol. The van der Waals surface area contributed by atoms with Gasteiger partial charge in [0.1, 0.15) is 6.04 Å². The molecule has 6 heteroatoms. The van der Waals surface area contributed by atoms with Crippen LogP contribution in [0.25, 0.3) is 0 Å². The third-order valence-corrected chi connectivity index (χ3v) is 3.20. The van der Waals surface area contributed by atoms with Gasteiger partial charge in [-0.1, -0.05) is 31.9 Å². The lowest BCUT2D eigenvalue weighted by atomic mass is 10.2. The Balaban J connectivity index is 2.49. The Bertz CT molecular complexity index is 390. The van der Waals surface area contributed by atoms with E-state index in [0.717, 1.165) is 31.4 Å². The first-order chi connectivity index (χ1) is 9.10. The number of nitrogens with zero attached hydrogens (tertiary/aromatic N) is 3. The van der Waals surface area contributed by atoms with Gasteiger partial charge >= 0.3 is 0 Å². The van der Waals surface area contributed by atoms with Crippen LogP contribution in [0.1, 0.15) is 64.2 Å². The van der Waals surface area contributed by atoms with Gasteiger partial charge < -0.3 is 11.1 Å². The lowest BCUT2D eigenvalue weighted by Crippen LogP contribution is -2.32. The Morgan fingerprint density at radius 2 is 2.21 bits per heavy atom. The van der Waals surface area contributed by atoms with Crippen molar-refractivity contribution in [2.75, 3.05) is 6.54 Å². The third kappa shape index (κ3) is 4.63. The molecule has 1 amide bonds. The minimum atomic E-state index is -0.355. The van der Waals surface area contributed by atoms with Crippen molar-refractivity contribution in [2.45, 2.75) is 58.5 Å². The normalized spacial score (nSPS) is 14.1. The molecule has 0 fully saturated rings. The number of nitrogens with two attached hydrogens (primary N) is 1. The fourth-order valence-electron chi connectivity index (χ4n) is 1.71. The lowest BCUT2D eigenvalue weighted by molar-refractivity contribution is -0.124. The van der Waals surface area contributed by atoms with Crippen molar-refractivity contribution in [1.29, 1.82) is 0 Å². The van der Waals surface area contributed by atoms with Gasteiger partial charge in [-0.2, -0.15) is 0 Å². The molecule has 6 nitrogen and oxygen atoms in total. The Kier molecular flexibility index (Phi) is 6.49. The van der Waals surface area contributed by atoms with Crippen molar-refractivity contribution in [3.05, 3.63) is 11.9 Å². The maximum Gasteiger partial charge on any atom is 0.244 e. The van der Waals surface area contributed by atoms with E-state index in [0.29, 0.717) is 6.54 Å². The first-order valence-corrected chi connectivity index (χ1v) is 7.05. The SMILES string of the molecule is CCCCCNC(=O)C(C)n1cc(C(N)CC)nn1. The van der Waals surface area contributed by atoms with Crippen LogP contribution in [-0.4, -0.2) is 27.4 Å². The first-order valence-electron chi connectivity index (χ1n) is 7.05. The number of hydrogen-bond acceptors (Lipinski definition) is 4.